The first-order chi connectivity index (χ1) is 15.0. The summed E-state index contributed by atoms with van der Waals surface area (Å²) in [7, 11) is 0. The first-order valence-electron chi connectivity index (χ1n) is 9.60. The van der Waals surface area contributed by atoms with Gasteiger partial charge in [0.2, 0.25) is 5.91 Å². The Morgan fingerprint density at radius 2 is 1.90 bits per heavy atom. The molecule has 0 radical (unpaired) electrons. The molecule has 0 fully saturated rings. The van der Waals surface area contributed by atoms with Gasteiger partial charge in [0.25, 0.3) is 5.56 Å². The number of pyridine rings is 1. The minimum absolute atomic E-state index is 0.115. The van der Waals surface area contributed by atoms with E-state index in [1.165, 1.54) is 16.3 Å². The number of para-hydroxylation sites is 1. The van der Waals surface area contributed by atoms with Gasteiger partial charge in [0.1, 0.15) is 5.82 Å². The highest BCUT2D eigenvalue weighted by molar-refractivity contribution is 7.99. The van der Waals surface area contributed by atoms with Gasteiger partial charge in [0.15, 0.2) is 5.16 Å². The molecule has 1 N–H and O–H groups in total. The third kappa shape index (κ3) is 4.95. The molecular weight excluding hydrogens is 432 g/mol. The van der Waals surface area contributed by atoms with Gasteiger partial charge in [-0.25, -0.2) is 14.5 Å². The Labute approximate surface area is 188 Å². The predicted octanol–water partition coefficient (Wildman–Crippen LogP) is 4.15. The van der Waals surface area contributed by atoms with Crippen LogP contribution in [0.3, 0.4) is 0 Å². The fourth-order valence-corrected chi connectivity index (χ4v) is 3.99. The highest BCUT2D eigenvalue weighted by atomic mass is 35.5. The molecule has 4 aromatic rings. The number of nitrogens with zero attached hydrogens (tertiary/aromatic N) is 3. The highest BCUT2D eigenvalue weighted by Gasteiger charge is 2.15. The number of fused-ring (bicyclic) bond motifs is 1. The lowest BCUT2D eigenvalue weighted by atomic mass is 10.2. The minimum atomic E-state index is -0.215. The maximum atomic E-state index is 13.2. The van der Waals surface area contributed by atoms with Crippen LogP contribution in [-0.2, 0) is 11.3 Å². The Kier molecular flexibility index (Phi) is 6.34. The fourth-order valence-electron chi connectivity index (χ4n) is 3.04. The van der Waals surface area contributed by atoms with Crippen LogP contribution < -0.4 is 10.9 Å². The molecule has 1 amide bonds. The van der Waals surface area contributed by atoms with Crippen molar-refractivity contribution in [2.24, 2.45) is 0 Å². The van der Waals surface area contributed by atoms with Crippen molar-refractivity contribution in [1.82, 2.24) is 19.9 Å². The molecule has 0 saturated carbocycles. The number of halogens is 1. The predicted molar refractivity (Wildman–Crippen MR) is 124 cm³/mol. The smallest absolute Gasteiger partial charge is 0.267 e. The Morgan fingerprint density at radius 1 is 1.13 bits per heavy atom. The molecule has 2 aromatic heterocycles. The van der Waals surface area contributed by atoms with Crippen molar-refractivity contribution in [2.45, 2.75) is 18.6 Å². The van der Waals surface area contributed by atoms with E-state index >= 15 is 0 Å². The number of carbonyl (C=O) groups excluding carboxylic acids is 1. The van der Waals surface area contributed by atoms with Gasteiger partial charge in [0, 0.05) is 17.8 Å². The van der Waals surface area contributed by atoms with Gasteiger partial charge in [-0.2, -0.15) is 0 Å². The van der Waals surface area contributed by atoms with E-state index in [1.807, 2.05) is 37.3 Å². The van der Waals surface area contributed by atoms with Gasteiger partial charge >= 0.3 is 0 Å². The molecule has 0 aliphatic rings. The quantitative estimate of drug-likeness (QED) is 0.352. The average Bonchev–Trinajstić information content (AvgIpc) is 2.77. The van der Waals surface area contributed by atoms with E-state index in [0.29, 0.717) is 33.4 Å². The Morgan fingerprint density at radius 3 is 2.68 bits per heavy atom. The Bertz CT molecular complexity index is 1310. The standard InChI is InChI=1S/C23H19ClN4O2S/c1-15-10-11-25-20(12-15)28-22(30)18-4-2-3-5-19(18)27-23(28)31-14-21(29)26-13-16-6-8-17(24)9-7-16/h2-12H,13-14H2,1H3,(H,26,29). The Balaban J connectivity index is 1.59. The lowest BCUT2D eigenvalue weighted by Crippen LogP contribution is -2.26. The summed E-state index contributed by atoms with van der Waals surface area (Å²) < 4.78 is 1.46. The maximum absolute atomic E-state index is 13.2. The SMILES string of the molecule is Cc1ccnc(-n2c(SCC(=O)NCc3ccc(Cl)cc3)nc3ccccc3c2=O)c1. The molecule has 0 spiro atoms. The molecule has 2 aromatic carbocycles. The van der Waals surface area contributed by atoms with Crippen LogP contribution in [0.1, 0.15) is 11.1 Å². The number of nitrogens with one attached hydrogen (secondary N) is 1. The van der Waals surface area contributed by atoms with Crippen LogP contribution in [0, 0.1) is 6.92 Å². The van der Waals surface area contributed by atoms with Crippen molar-refractivity contribution in [2.75, 3.05) is 5.75 Å². The monoisotopic (exact) mass is 450 g/mol. The van der Waals surface area contributed by atoms with E-state index in [2.05, 4.69) is 15.3 Å². The first-order valence-corrected chi connectivity index (χ1v) is 11.0. The van der Waals surface area contributed by atoms with Crippen molar-refractivity contribution in [3.63, 3.8) is 0 Å². The molecule has 4 rings (SSSR count). The number of hydrogen-bond donors (Lipinski definition) is 1. The second-order valence-corrected chi connectivity index (χ2v) is 8.31. The molecule has 0 aliphatic heterocycles. The van der Waals surface area contributed by atoms with Crippen molar-refractivity contribution < 1.29 is 4.79 Å². The number of thioether (sulfide) groups is 1. The fraction of sp³-hybridized carbons (Fsp3) is 0.130. The lowest BCUT2D eigenvalue weighted by Gasteiger charge is -2.13. The number of carbonyl (C=O) groups is 1. The van der Waals surface area contributed by atoms with Crippen LogP contribution in [0.4, 0.5) is 0 Å². The van der Waals surface area contributed by atoms with Gasteiger partial charge in [-0.05, 0) is 54.4 Å². The molecule has 31 heavy (non-hydrogen) atoms. The van der Waals surface area contributed by atoms with E-state index in [4.69, 9.17) is 11.6 Å². The summed E-state index contributed by atoms with van der Waals surface area (Å²) in [4.78, 5) is 34.6. The molecule has 2 heterocycles. The minimum Gasteiger partial charge on any atom is -0.351 e. The molecule has 156 valence electrons. The summed E-state index contributed by atoms with van der Waals surface area (Å²) >= 11 is 7.09. The van der Waals surface area contributed by atoms with Gasteiger partial charge in [-0.1, -0.05) is 47.6 Å². The zero-order valence-electron chi connectivity index (χ0n) is 16.7. The number of aryl methyl sites for hydroxylation is 1. The zero-order chi connectivity index (χ0) is 21.8. The third-order valence-electron chi connectivity index (χ3n) is 4.61. The van der Waals surface area contributed by atoms with Crippen molar-refractivity contribution in [1.29, 1.82) is 0 Å². The summed E-state index contributed by atoms with van der Waals surface area (Å²) in [6, 6.07) is 18.1. The molecule has 6 nitrogen and oxygen atoms in total. The molecule has 0 aliphatic carbocycles. The first kappa shape index (κ1) is 21.1. The summed E-state index contributed by atoms with van der Waals surface area (Å²) in [5, 5.41) is 4.45. The van der Waals surface area contributed by atoms with Crippen LogP contribution in [0.25, 0.3) is 16.7 Å². The van der Waals surface area contributed by atoms with Crippen LogP contribution >= 0.6 is 23.4 Å². The third-order valence-corrected chi connectivity index (χ3v) is 5.80. The average molecular weight is 451 g/mol. The topological polar surface area (TPSA) is 76.9 Å². The van der Waals surface area contributed by atoms with Crippen molar-refractivity contribution in [3.8, 4) is 5.82 Å². The Hall–Kier alpha value is -3.16. The number of aromatic nitrogens is 3. The van der Waals surface area contributed by atoms with Crippen LogP contribution in [0.2, 0.25) is 5.02 Å². The number of amides is 1. The van der Waals surface area contributed by atoms with E-state index < -0.39 is 0 Å². The van der Waals surface area contributed by atoms with Crippen molar-refractivity contribution >= 4 is 40.2 Å². The molecule has 0 atom stereocenters. The zero-order valence-corrected chi connectivity index (χ0v) is 18.3. The summed E-state index contributed by atoms with van der Waals surface area (Å²) in [5.41, 5.74) is 2.29. The van der Waals surface area contributed by atoms with Crippen LogP contribution in [0.5, 0.6) is 0 Å². The van der Waals surface area contributed by atoms with E-state index in [0.717, 1.165) is 11.1 Å². The van der Waals surface area contributed by atoms with Crippen molar-refractivity contribution in [3.05, 3.63) is 93.4 Å². The molecule has 0 bridgehead atoms. The molecule has 0 unspecified atom stereocenters. The number of benzene rings is 2. The maximum Gasteiger partial charge on any atom is 0.267 e. The lowest BCUT2D eigenvalue weighted by molar-refractivity contribution is -0.118. The largest absolute Gasteiger partial charge is 0.351 e. The van der Waals surface area contributed by atoms with Gasteiger partial charge in [-0.3, -0.25) is 9.59 Å². The second kappa shape index (κ2) is 9.32. The van der Waals surface area contributed by atoms with E-state index in [9.17, 15) is 9.59 Å². The molecule has 8 heteroatoms. The van der Waals surface area contributed by atoms with Gasteiger partial charge in [-0.15, -0.1) is 0 Å². The molecule has 0 saturated heterocycles. The van der Waals surface area contributed by atoms with E-state index in [1.54, 1.807) is 36.5 Å². The van der Waals surface area contributed by atoms with Gasteiger partial charge in [0.05, 0.1) is 16.7 Å². The van der Waals surface area contributed by atoms with Crippen LogP contribution in [0.15, 0.2) is 76.8 Å². The highest BCUT2D eigenvalue weighted by Crippen LogP contribution is 2.21. The number of hydrogen-bond acceptors (Lipinski definition) is 5. The summed E-state index contributed by atoms with van der Waals surface area (Å²) in [6.45, 7) is 2.33. The normalized spacial score (nSPS) is 10.9. The second-order valence-electron chi connectivity index (χ2n) is 6.94. The van der Waals surface area contributed by atoms with Gasteiger partial charge < -0.3 is 5.32 Å². The summed E-state index contributed by atoms with van der Waals surface area (Å²) in [6.07, 6.45) is 1.65. The van der Waals surface area contributed by atoms with E-state index in [-0.39, 0.29) is 17.2 Å². The number of rotatable bonds is 6. The summed E-state index contributed by atoms with van der Waals surface area (Å²) in [5.74, 6) is 0.433. The van der Waals surface area contributed by atoms with Crippen LogP contribution in [-0.4, -0.2) is 26.2 Å². The molecular formula is C23H19ClN4O2S.